The second-order valence-electron chi connectivity index (χ2n) is 6.41. The van der Waals surface area contributed by atoms with Gasteiger partial charge >= 0.3 is 5.97 Å². The molecule has 0 saturated heterocycles. The Bertz CT molecular complexity index is 1260. The Morgan fingerprint density at radius 3 is 2.41 bits per heavy atom. The summed E-state index contributed by atoms with van der Waals surface area (Å²) in [6.07, 6.45) is 1.46. The number of halogens is 2. The fourth-order valence-electron chi connectivity index (χ4n) is 2.75. The van der Waals surface area contributed by atoms with Crippen molar-refractivity contribution in [2.24, 2.45) is 0 Å². The van der Waals surface area contributed by atoms with Crippen LogP contribution in [0.25, 0.3) is 0 Å². The molecule has 0 fully saturated rings. The zero-order valence-electron chi connectivity index (χ0n) is 16.5. The largest absolute Gasteiger partial charge is 0.454 e. The molecule has 2 aromatic carbocycles. The predicted molar refractivity (Wildman–Crippen MR) is 127 cm³/mol. The highest BCUT2D eigenvalue weighted by Crippen LogP contribution is 2.27. The molecule has 0 saturated carbocycles. The number of benzene rings is 2. The van der Waals surface area contributed by atoms with Crippen LogP contribution in [-0.4, -0.2) is 33.3 Å². The van der Waals surface area contributed by atoms with Crippen LogP contribution in [0, 0.1) is 0 Å². The topological polar surface area (TPSA) is 80.8 Å². The molecule has 166 valence electrons. The lowest BCUT2D eigenvalue weighted by atomic mass is 10.2. The smallest absolute Gasteiger partial charge is 0.340 e. The van der Waals surface area contributed by atoms with Crippen molar-refractivity contribution in [2.45, 2.75) is 4.90 Å². The molecule has 0 aliphatic rings. The van der Waals surface area contributed by atoms with Gasteiger partial charge in [-0.1, -0.05) is 47.5 Å². The molecule has 6 nitrogen and oxygen atoms in total. The van der Waals surface area contributed by atoms with E-state index in [-0.39, 0.29) is 22.0 Å². The third-order valence-corrected chi connectivity index (χ3v) is 7.66. The monoisotopic (exact) mass is 509 g/mol. The van der Waals surface area contributed by atoms with Gasteiger partial charge in [-0.15, -0.1) is 17.9 Å². The maximum atomic E-state index is 13.3. The van der Waals surface area contributed by atoms with E-state index in [2.05, 4.69) is 6.58 Å². The highest BCUT2D eigenvalue weighted by atomic mass is 35.5. The number of hydrogen-bond acceptors (Lipinski definition) is 6. The second kappa shape index (κ2) is 10.3. The number of para-hydroxylation sites is 1. The highest BCUT2D eigenvalue weighted by molar-refractivity contribution is 7.92. The van der Waals surface area contributed by atoms with Crippen LogP contribution in [0.5, 0.6) is 0 Å². The molecule has 0 N–H and O–H groups in total. The maximum Gasteiger partial charge on any atom is 0.340 e. The van der Waals surface area contributed by atoms with Crippen molar-refractivity contribution < 1.29 is 22.7 Å². The third-order valence-electron chi connectivity index (χ3n) is 4.27. The number of carbonyl (C=O) groups excluding carboxylic acids is 2. The normalized spacial score (nSPS) is 11.1. The van der Waals surface area contributed by atoms with E-state index in [9.17, 15) is 18.0 Å². The molecule has 3 aromatic rings. The quantitative estimate of drug-likeness (QED) is 0.217. The van der Waals surface area contributed by atoms with Crippen molar-refractivity contribution in [3.63, 3.8) is 0 Å². The summed E-state index contributed by atoms with van der Waals surface area (Å²) in [7, 11) is -4.04. The highest BCUT2D eigenvalue weighted by Gasteiger charge is 2.26. The van der Waals surface area contributed by atoms with E-state index in [0.29, 0.717) is 14.9 Å². The number of sulfonamides is 1. The van der Waals surface area contributed by atoms with Gasteiger partial charge < -0.3 is 4.74 Å². The number of carbonyl (C=O) groups is 2. The predicted octanol–water partition coefficient (Wildman–Crippen LogP) is 5.48. The Balaban J connectivity index is 1.85. The van der Waals surface area contributed by atoms with Crippen molar-refractivity contribution in [1.29, 1.82) is 0 Å². The maximum absolute atomic E-state index is 13.3. The van der Waals surface area contributed by atoms with Crippen molar-refractivity contribution in [2.75, 3.05) is 17.5 Å². The van der Waals surface area contributed by atoms with Crippen LogP contribution in [0.3, 0.4) is 0 Å². The van der Waals surface area contributed by atoms with Crippen LogP contribution in [0.1, 0.15) is 20.0 Å². The summed E-state index contributed by atoms with van der Waals surface area (Å²) in [6, 6.07) is 15.3. The number of ketones is 1. The molecule has 0 bridgehead atoms. The minimum atomic E-state index is -4.04. The first-order valence-corrected chi connectivity index (χ1v) is 12.2. The molecular formula is C22H17Cl2NO5S2. The number of rotatable bonds is 9. The molecule has 0 spiro atoms. The first-order valence-electron chi connectivity index (χ1n) is 9.18. The molecule has 0 aliphatic carbocycles. The van der Waals surface area contributed by atoms with E-state index in [0.717, 1.165) is 21.7 Å². The van der Waals surface area contributed by atoms with Gasteiger partial charge in [-0.05, 0) is 42.5 Å². The molecule has 10 heteroatoms. The number of ether oxygens (including phenoxy) is 1. The molecule has 1 heterocycles. The van der Waals surface area contributed by atoms with Gasteiger partial charge in [-0.3, -0.25) is 9.10 Å². The van der Waals surface area contributed by atoms with Gasteiger partial charge in [0.25, 0.3) is 10.0 Å². The number of nitrogens with zero attached hydrogens (tertiary/aromatic N) is 1. The molecule has 0 aliphatic heterocycles. The number of anilines is 1. The molecule has 32 heavy (non-hydrogen) atoms. The molecule has 0 atom stereocenters. The van der Waals surface area contributed by atoms with E-state index in [1.807, 2.05) is 0 Å². The van der Waals surface area contributed by atoms with E-state index >= 15 is 0 Å². The molecule has 1 aromatic heterocycles. The van der Waals surface area contributed by atoms with E-state index in [1.165, 1.54) is 24.3 Å². The van der Waals surface area contributed by atoms with Gasteiger partial charge in [0.05, 0.1) is 36.9 Å². The van der Waals surface area contributed by atoms with Crippen LogP contribution in [0.15, 0.2) is 78.2 Å². The zero-order valence-corrected chi connectivity index (χ0v) is 19.7. The van der Waals surface area contributed by atoms with Gasteiger partial charge in [0.1, 0.15) is 0 Å². The average molecular weight is 510 g/mol. The van der Waals surface area contributed by atoms with Gasteiger partial charge in [0.15, 0.2) is 6.61 Å². The molecular weight excluding hydrogens is 493 g/mol. The Morgan fingerprint density at radius 1 is 1.06 bits per heavy atom. The lowest BCUT2D eigenvalue weighted by molar-refractivity contribution is 0.0475. The fraction of sp³-hybridized carbons (Fsp3) is 0.0909. The number of thiophene rings is 1. The summed E-state index contributed by atoms with van der Waals surface area (Å²) in [5.41, 5.74) is 0.267. The van der Waals surface area contributed by atoms with Crippen LogP contribution < -0.4 is 4.31 Å². The van der Waals surface area contributed by atoms with Crippen LogP contribution in [-0.2, 0) is 14.8 Å². The first kappa shape index (κ1) is 24.0. The van der Waals surface area contributed by atoms with Crippen molar-refractivity contribution >= 4 is 62.0 Å². The molecule has 3 rings (SSSR count). The Labute approximate surface area is 199 Å². The fourth-order valence-corrected chi connectivity index (χ4v) is 5.37. The SMILES string of the molecule is C=CCN(c1ccccc1)S(=O)(=O)c1ccc(Cl)c(C(=O)OCC(=O)c2ccc(Cl)s2)c1. The van der Waals surface area contributed by atoms with Crippen LogP contribution in [0.2, 0.25) is 9.36 Å². The number of Topliss-reactive ketones (excluding diaryl/α,β-unsaturated/α-hetero) is 1. The zero-order chi connectivity index (χ0) is 23.3. The van der Waals surface area contributed by atoms with E-state index < -0.39 is 28.4 Å². The Kier molecular flexibility index (Phi) is 7.73. The average Bonchev–Trinajstić information content (AvgIpc) is 3.22. The molecule has 0 unspecified atom stereocenters. The molecule has 0 amide bonds. The van der Waals surface area contributed by atoms with Crippen LogP contribution >= 0.6 is 34.5 Å². The summed E-state index contributed by atoms with van der Waals surface area (Å²) in [4.78, 5) is 24.9. The third kappa shape index (κ3) is 5.39. The summed E-state index contributed by atoms with van der Waals surface area (Å²) < 4.78 is 33.2. The van der Waals surface area contributed by atoms with Gasteiger partial charge in [-0.25, -0.2) is 13.2 Å². The molecule has 0 radical (unpaired) electrons. The second-order valence-corrected chi connectivity index (χ2v) is 10.4. The Hall–Kier alpha value is -2.65. The van der Waals surface area contributed by atoms with Crippen molar-refractivity contribution in [1.82, 2.24) is 0 Å². The first-order chi connectivity index (χ1) is 15.2. The summed E-state index contributed by atoms with van der Waals surface area (Å²) in [5.74, 6) is -1.35. The minimum absolute atomic E-state index is 0.00412. The summed E-state index contributed by atoms with van der Waals surface area (Å²) in [5, 5.41) is -0.00412. The standard InChI is InChI=1S/C22H17Cl2NO5S2/c1-2-12-25(15-6-4-3-5-7-15)32(28,29)16-8-9-18(23)17(13-16)22(27)30-14-19(26)20-10-11-21(24)31-20/h2-11,13H,1,12,14H2. The van der Waals surface area contributed by atoms with Gasteiger partial charge in [0.2, 0.25) is 5.78 Å². The lowest BCUT2D eigenvalue weighted by Crippen LogP contribution is -2.31. The van der Waals surface area contributed by atoms with Gasteiger partial charge in [0, 0.05) is 0 Å². The summed E-state index contributed by atoms with van der Waals surface area (Å²) >= 11 is 13.0. The van der Waals surface area contributed by atoms with E-state index in [1.54, 1.807) is 36.4 Å². The van der Waals surface area contributed by atoms with Crippen LogP contribution in [0.4, 0.5) is 5.69 Å². The van der Waals surface area contributed by atoms with E-state index in [4.69, 9.17) is 27.9 Å². The summed E-state index contributed by atoms with van der Waals surface area (Å²) in [6.45, 7) is 3.11. The van der Waals surface area contributed by atoms with Crippen molar-refractivity contribution in [3.8, 4) is 0 Å². The Morgan fingerprint density at radius 2 is 1.78 bits per heavy atom. The number of esters is 1. The minimum Gasteiger partial charge on any atom is -0.454 e. The van der Waals surface area contributed by atoms with Gasteiger partial charge in [-0.2, -0.15) is 0 Å². The van der Waals surface area contributed by atoms with Crippen molar-refractivity contribution in [3.05, 3.63) is 93.1 Å². The number of hydrogen-bond donors (Lipinski definition) is 0. The lowest BCUT2D eigenvalue weighted by Gasteiger charge is -2.23.